The van der Waals surface area contributed by atoms with Crippen molar-refractivity contribution in [2.24, 2.45) is 0 Å². The lowest BCUT2D eigenvalue weighted by Crippen LogP contribution is -2.51. The minimum absolute atomic E-state index is 0.854. The predicted molar refractivity (Wildman–Crippen MR) is 53.7 cm³/mol. The molecule has 64 valence electrons. The smallest absolute Gasteiger partial charge is 0.147 e. The van der Waals surface area contributed by atoms with Crippen molar-refractivity contribution in [2.45, 2.75) is 0 Å². The second kappa shape index (κ2) is 4.92. The summed E-state index contributed by atoms with van der Waals surface area (Å²) in [5.41, 5.74) is 3.16. The molecule has 0 aromatic carbocycles. The Hall–Kier alpha value is 0.160. The van der Waals surface area contributed by atoms with Crippen LogP contribution in [0.1, 0.15) is 0 Å². The fraction of sp³-hybridized carbons (Fsp3) is 0.833. The van der Waals surface area contributed by atoms with Gasteiger partial charge in [-0.15, -0.1) is 0 Å². The normalized spacial score (nSPS) is 19.7. The molecule has 0 saturated carbocycles. The molecule has 1 fully saturated rings. The van der Waals surface area contributed by atoms with E-state index in [0.29, 0.717) is 0 Å². The Morgan fingerprint density at radius 3 is 2.73 bits per heavy atom. The van der Waals surface area contributed by atoms with E-state index in [1.807, 2.05) is 6.26 Å². The number of hydrogen-bond donors (Lipinski definition) is 2. The molecule has 1 aliphatic rings. The van der Waals surface area contributed by atoms with Gasteiger partial charge in [-0.25, -0.2) is 5.01 Å². The van der Waals surface area contributed by atoms with E-state index in [4.69, 9.17) is 12.2 Å². The topological polar surface area (TPSA) is 27.3 Å². The van der Waals surface area contributed by atoms with E-state index in [0.717, 1.165) is 30.5 Å². The number of rotatable bonds is 1. The molecule has 0 bridgehead atoms. The van der Waals surface area contributed by atoms with Crippen molar-refractivity contribution in [1.82, 2.24) is 15.8 Å². The summed E-state index contributed by atoms with van der Waals surface area (Å²) >= 11 is 6.60. The van der Waals surface area contributed by atoms with E-state index < -0.39 is 0 Å². The molecule has 0 aromatic rings. The molecule has 3 nitrogen and oxygen atoms in total. The molecule has 0 spiro atoms. The maximum atomic E-state index is 5.03. The average Bonchev–Trinajstić information content (AvgIpc) is 2.06. The quantitative estimate of drug-likeness (QED) is 0.571. The predicted octanol–water partition coefficient (Wildman–Crippen LogP) is 0.0441. The molecule has 0 aromatic heterocycles. The summed E-state index contributed by atoms with van der Waals surface area (Å²) in [6, 6.07) is 0. The highest BCUT2D eigenvalue weighted by Gasteiger charge is 2.08. The van der Waals surface area contributed by atoms with Crippen molar-refractivity contribution in [3.05, 3.63) is 0 Å². The van der Waals surface area contributed by atoms with Gasteiger partial charge in [0, 0.05) is 26.2 Å². The number of piperazine rings is 1. The fourth-order valence-corrected chi connectivity index (χ4v) is 1.30. The van der Waals surface area contributed by atoms with Crippen molar-refractivity contribution in [3.8, 4) is 0 Å². The Morgan fingerprint density at radius 1 is 1.55 bits per heavy atom. The zero-order valence-electron chi connectivity index (χ0n) is 6.59. The van der Waals surface area contributed by atoms with Crippen LogP contribution in [0.4, 0.5) is 0 Å². The largest absolute Gasteiger partial charge is 0.314 e. The van der Waals surface area contributed by atoms with E-state index in [-0.39, 0.29) is 0 Å². The molecule has 1 heterocycles. The molecule has 1 rings (SSSR count). The lowest BCUT2D eigenvalue weighted by molar-refractivity contribution is 0.209. The van der Waals surface area contributed by atoms with Crippen molar-refractivity contribution < 1.29 is 0 Å². The summed E-state index contributed by atoms with van der Waals surface area (Å²) in [5.74, 6) is 0. The Morgan fingerprint density at radius 2 is 2.18 bits per heavy atom. The van der Waals surface area contributed by atoms with Crippen molar-refractivity contribution in [1.29, 1.82) is 0 Å². The van der Waals surface area contributed by atoms with Gasteiger partial charge in [-0.3, -0.25) is 0 Å². The van der Waals surface area contributed by atoms with Gasteiger partial charge in [0.15, 0.2) is 0 Å². The van der Waals surface area contributed by atoms with E-state index in [9.17, 15) is 0 Å². The highest BCUT2D eigenvalue weighted by atomic mass is 32.2. The van der Waals surface area contributed by atoms with Crippen molar-refractivity contribution in [3.63, 3.8) is 0 Å². The second-order valence-electron chi connectivity index (χ2n) is 2.34. The first-order chi connectivity index (χ1) is 5.33. The number of hydrogen-bond acceptors (Lipinski definition) is 4. The lowest BCUT2D eigenvalue weighted by Gasteiger charge is -2.27. The Labute approximate surface area is 76.9 Å². The summed E-state index contributed by atoms with van der Waals surface area (Å²) in [7, 11) is 0. The van der Waals surface area contributed by atoms with Crippen LogP contribution in [0.5, 0.6) is 0 Å². The third kappa shape index (κ3) is 3.37. The van der Waals surface area contributed by atoms with E-state index in [1.54, 1.807) is 11.8 Å². The first-order valence-corrected chi connectivity index (χ1v) is 5.26. The summed E-state index contributed by atoms with van der Waals surface area (Å²) in [4.78, 5) is 0. The van der Waals surface area contributed by atoms with Gasteiger partial charge in [-0.2, -0.15) is 0 Å². The van der Waals surface area contributed by atoms with E-state index >= 15 is 0 Å². The number of thiocarbonyl (C=S) groups is 1. The van der Waals surface area contributed by atoms with E-state index in [1.165, 1.54) is 0 Å². The van der Waals surface area contributed by atoms with Crippen LogP contribution in [0.25, 0.3) is 0 Å². The number of nitrogens with one attached hydrogen (secondary N) is 2. The maximum Gasteiger partial charge on any atom is 0.147 e. The maximum absolute atomic E-state index is 5.03. The van der Waals surface area contributed by atoms with Crippen molar-refractivity contribution in [2.75, 3.05) is 32.4 Å². The Bertz CT molecular complexity index is 134. The van der Waals surface area contributed by atoms with Gasteiger partial charge < -0.3 is 10.7 Å². The fourth-order valence-electron chi connectivity index (χ4n) is 0.951. The molecule has 0 radical (unpaired) electrons. The highest BCUT2D eigenvalue weighted by Crippen LogP contribution is 1.96. The van der Waals surface area contributed by atoms with Crippen LogP contribution in [0.2, 0.25) is 0 Å². The summed E-state index contributed by atoms with van der Waals surface area (Å²) < 4.78 is 0.854. The monoisotopic (exact) mass is 191 g/mol. The Kier molecular flexibility index (Phi) is 4.14. The molecule has 0 aliphatic carbocycles. The zero-order chi connectivity index (χ0) is 8.10. The average molecular weight is 191 g/mol. The molecular formula is C6H13N3S2. The van der Waals surface area contributed by atoms with Gasteiger partial charge in [-0.05, 0) is 6.26 Å². The van der Waals surface area contributed by atoms with Crippen LogP contribution in [-0.2, 0) is 0 Å². The summed E-state index contributed by atoms with van der Waals surface area (Å²) in [6.07, 6.45) is 1.98. The summed E-state index contributed by atoms with van der Waals surface area (Å²) in [6.45, 7) is 4.15. The van der Waals surface area contributed by atoms with Crippen LogP contribution in [-0.4, -0.2) is 41.8 Å². The molecule has 5 heteroatoms. The van der Waals surface area contributed by atoms with Gasteiger partial charge in [-0.1, -0.05) is 24.0 Å². The second-order valence-corrected chi connectivity index (χ2v) is 3.82. The molecule has 1 aliphatic heterocycles. The molecular weight excluding hydrogens is 178 g/mol. The molecule has 0 unspecified atom stereocenters. The third-order valence-electron chi connectivity index (χ3n) is 1.55. The SMILES string of the molecule is CSC(=S)NN1CCNCC1. The van der Waals surface area contributed by atoms with Gasteiger partial charge in [0.2, 0.25) is 0 Å². The number of nitrogens with zero attached hydrogens (tertiary/aromatic N) is 1. The third-order valence-corrected chi connectivity index (χ3v) is 2.61. The van der Waals surface area contributed by atoms with Gasteiger partial charge in [0.25, 0.3) is 0 Å². The molecule has 1 saturated heterocycles. The van der Waals surface area contributed by atoms with Crippen LogP contribution in [0, 0.1) is 0 Å². The molecule has 0 atom stereocenters. The number of thioether (sulfide) groups is 1. The standard InChI is InChI=1S/C6H13N3S2/c1-11-6(10)8-9-4-2-7-3-5-9/h7H,2-5H2,1H3,(H,8,10). The summed E-state index contributed by atoms with van der Waals surface area (Å²) in [5, 5.41) is 5.42. The van der Waals surface area contributed by atoms with Crippen LogP contribution >= 0.6 is 24.0 Å². The number of hydrazine groups is 1. The molecule has 2 N–H and O–H groups in total. The minimum atomic E-state index is 0.854. The minimum Gasteiger partial charge on any atom is -0.314 e. The first-order valence-electron chi connectivity index (χ1n) is 3.63. The molecule has 0 amide bonds. The molecule has 11 heavy (non-hydrogen) atoms. The Balaban J connectivity index is 2.19. The highest BCUT2D eigenvalue weighted by molar-refractivity contribution is 8.22. The van der Waals surface area contributed by atoms with Crippen LogP contribution in [0.3, 0.4) is 0 Å². The van der Waals surface area contributed by atoms with Crippen LogP contribution < -0.4 is 10.7 Å². The zero-order valence-corrected chi connectivity index (χ0v) is 8.23. The van der Waals surface area contributed by atoms with E-state index in [2.05, 4.69) is 15.8 Å². The van der Waals surface area contributed by atoms with Gasteiger partial charge in [0.05, 0.1) is 0 Å². The first kappa shape index (κ1) is 9.25. The van der Waals surface area contributed by atoms with Crippen molar-refractivity contribution >= 4 is 28.3 Å². The lowest BCUT2D eigenvalue weighted by atomic mass is 10.4. The van der Waals surface area contributed by atoms with Gasteiger partial charge in [0.1, 0.15) is 4.32 Å². The van der Waals surface area contributed by atoms with Crippen LogP contribution in [0.15, 0.2) is 0 Å². The van der Waals surface area contributed by atoms with Gasteiger partial charge >= 0.3 is 0 Å².